The smallest absolute Gasteiger partial charge is 0.331 e. The second kappa shape index (κ2) is 20.8. The van der Waals surface area contributed by atoms with E-state index in [0.29, 0.717) is 25.8 Å². The number of halogens is 1. The molecule has 0 bridgehead atoms. The van der Waals surface area contributed by atoms with Gasteiger partial charge >= 0.3 is 11.7 Å². The first kappa shape index (κ1) is 39.9. The maximum absolute atomic E-state index is 13.6. The zero-order valence-corrected chi connectivity index (χ0v) is 28.2. The van der Waals surface area contributed by atoms with Crippen molar-refractivity contribution in [2.45, 2.75) is 153 Å². The van der Waals surface area contributed by atoms with Crippen LogP contribution < -0.4 is 17.0 Å². The molecule has 0 aromatic carbocycles. The van der Waals surface area contributed by atoms with Crippen LogP contribution in [-0.4, -0.2) is 86.9 Å². The highest BCUT2D eigenvalue weighted by molar-refractivity contribution is 5.86. The Morgan fingerprint density at radius 3 is 2.02 bits per heavy atom. The lowest BCUT2D eigenvalue weighted by Crippen LogP contribution is -2.52. The maximum Gasteiger partial charge on any atom is 0.331 e. The maximum atomic E-state index is 13.6. The molecular formula is C32H55ClN4O9. The largest absolute Gasteiger partial charge is 0.467 e. The number of nitrogens with two attached hydrogens (primary N) is 1. The summed E-state index contributed by atoms with van der Waals surface area (Å²) in [5, 5.41) is 21.8. The number of aromatic nitrogens is 2. The predicted octanol–water partition coefficient (Wildman–Crippen LogP) is 2.89. The highest BCUT2D eigenvalue weighted by Crippen LogP contribution is 2.38. The molecule has 46 heavy (non-hydrogen) atoms. The number of aliphatic hydroxyl groups is 2. The number of nitrogens with one attached hydrogen (secondary N) is 1. The van der Waals surface area contributed by atoms with Crippen molar-refractivity contribution >= 4 is 24.3 Å². The number of aromatic amines is 1. The summed E-state index contributed by atoms with van der Waals surface area (Å²) in [5.74, 6) is -1.02. The Labute approximate surface area is 277 Å². The molecule has 2 aliphatic rings. The van der Waals surface area contributed by atoms with Crippen molar-refractivity contribution in [1.82, 2.24) is 14.5 Å². The molecule has 3 heterocycles. The zero-order valence-electron chi connectivity index (χ0n) is 27.3. The molecule has 13 nitrogen and oxygen atoms in total. The lowest BCUT2D eigenvalue weighted by Gasteiger charge is -2.29. The Morgan fingerprint density at radius 2 is 1.48 bits per heavy atom. The van der Waals surface area contributed by atoms with Crippen LogP contribution in [-0.2, 0) is 23.8 Å². The average Bonchev–Trinajstić information content (AvgIpc) is 3.54. The molecule has 14 heteroatoms. The molecule has 0 aliphatic carbocycles. The number of H-pyrrole nitrogens is 1. The molecular weight excluding hydrogens is 620 g/mol. The fourth-order valence-electron chi connectivity index (χ4n) is 6.34. The van der Waals surface area contributed by atoms with Crippen LogP contribution >= 0.6 is 12.4 Å². The Morgan fingerprint density at radius 1 is 0.891 bits per heavy atom. The molecule has 264 valence electrons. The van der Waals surface area contributed by atoms with Crippen LogP contribution in [0.3, 0.4) is 0 Å². The third-order valence-corrected chi connectivity index (χ3v) is 8.84. The predicted molar refractivity (Wildman–Crippen MR) is 174 cm³/mol. The SMILES string of the molecule is CCCCCCCCCCCCCCCC(=O)N1[C@H](C(=O)OC)[C@@H]([C@H]2O[C@@H](n3ccc(=O)[nH]c3=O)[C@H](O)[C@@H]2O)O[C@@H]1CCCN.Cl. The van der Waals surface area contributed by atoms with E-state index in [1.54, 1.807) is 0 Å². The molecule has 0 saturated carbocycles. The van der Waals surface area contributed by atoms with Crippen molar-refractivity contribution in [2.75, 3.05) is 13.7 Å². The Kier molecular flexibility index (Phi) is 18.1. The van der Waals surface area contributed by atoms with E-state index < -0.39 is 60.1 Å². The molecule has 7 atom stereocenters. The molecule has 3 rings (SSSR count). The van der Waals surface area contributed by atoms with Crippen LogP contribution in [0.1, 0.15) is 116 Å². The van der Waals surface area contributed by atoms with Gasteiger partial charge in [-0.2, -0.15) is 0 Å². The van der Waals surface area contributed by atoms with E-state index in [1.807, 2.05) is 0 Å². The quantitative estimate of drug-likeness (QED) is 0.118. The second-order valence-electron chi connectivity index (χ2n) is 12.2. The second-order valence-corrected chi connectivity index (χ2v) is 12.2. The van der Waals surface area contributed by atoms with Crippen molar-refractivity contribution in [1.29, 1.82) is 0 Å². The van der Waals surface area contributed by atoms with E-state index in [-0.39, 0.29) is 24.7 Å². The van der Waals surface area contributed by atoms with E-state index in [4.69, 9.17) is 19.9 Å². The van der Waals surface area contributed by atoms with Gasteiger partial charge in [0.1, 0.15) is 30.6 Å². The van der Waals surface area contributed by atoms with Gasteiger partial charge in [-0.3, -0.25) is 19.1 Å². The van der Waals surface area contributed by atoms with Crippen LogP contribution in [0, 0.1) is 0 Å². The number of methoxy groups -OCH3 is 1. The van der Waals surface area contributed by atoms with Gasteiger partial charge in [0.05, 0.1) is 7.11 Å². The first-order chi connectivity index (χ1) is 21.7. The highest BCUT2D eigenvalue weighted by Gasteiger charge is 2.58. The van der Waals surface area contributed by atoms with Gasteiger partial charge in [0, 0.05) is 18.7 Å². The first-order valence-corrected chi connectivity index (χ1v) is 16.8. The van der Waals surface area contributed by atoms with Crippen molar-refractivity contribution in [3.05, 3.63) is 33.1 Å². The number of rotatable bonds is 20. The van der Waals surface area contributed by atoms with E-state index in [2.05, 4.69) is 11.9 Å². The van der Waals surface area contributed by atoms with E-state index in [9.17, 15) is 29.4 Å². The standard InChI is InChI=1S/C32H54N4O9.ClH/c1-3-4-5-6-7-8-9-10-11-12-13-14-15-17-23(38)36-24(18-16-20-33)44-28(25(36)31(41)43-2)29-26(39)27(40)30(45-29)35-21-19-22(37)34-32(35)42;/h19,21,24-30,39-40H,3-18,20,33H2,1-2H3,(H,34,37,42);1H/t24-,25+,26+,27-,28+,29+,30-;/m1./s1. The number of carbonyl (C=O) groups is 2. The monoisotopic (exact) mass is 674 g/mol. The van der Waals surface area contributed by atoms with Crippen molar-refractivity contribution < 1.29 is 34.0 Å². The average molecular weight is 675 g/mol. The number of unbranched alkanes of at least 4 members (excludes halogenated alkanes) is 12. The minimum absolute atomic E-state index is 0. The third-order valence-electron chi connectivity index (χ3n) is 8.84. The molecule has 1 amide bonds. The molecule has 2 saturated heterocycles. The molecule has 0 unspecified atom stereocenters. The fourth-order valence-corrected chi connectivity index (χ4v) is 6.34. The van der Waals surface area contributed by atoms with Gasteiger partial charge in [-0.15, -0.1) is 12.4 Å². The van der Waals surface area contributed by atoms with Gasteiger partial charge in [0.25, 0.3) is 5.56 Å². The van der Waals surface area contributed by atoms with Crippen molar-refractivity contribution in [3.8, 4) is 0 Å². The summed E-state index contributed by atoms with van der Waals surface area (Å²) >= 11 is 0. The molecule has 5 N–H and O–H groups in total. The Bertz CT molecular complexity index is 1160. The van der Waals surface area contributed by atoms with Gasteiger partial charge in [-0.25, -0.2) is 9.59 Å². The Balaban J connectivity index is 0.00000736. The summed E-state index contributed by atoms with van der Waals surface area (Å²) < 4.78 is 18.1. The first-order valence-electron chi connectivity index (χ1n) is 16.8. The summed E-state index contributed by atoms with van der Waals surface area (Å²) in [4.78, 5) is 54.1. The number of esters is 1. The topological polar surface area (TPSA) is 186 Å². The summed E-state index contributed by atoms with van der Waals surface area (Å²) in [5.41, 5.74) is 4.26. The van der Waals surface area contributed by atoms with E-state index in [0.717, 1.165) is 36.1 Å². The minimum atomic E-state index is -1.58. The van der Waals surface area contributed by atoms with Gasteiger partial charge < -0.3 is 35.1 Å². The molecule has 0 radical (unpaired) electrons. The van der Waals surface area contributed by atoms with Gasteiger partial charge in [-0.1, -0.05) is 84.0 Å². The number of aliphatic hydroxyl groups excluding tert-OH is 2. The van der Waals surface area contributed by atoms with Gasteiger partial charge in [-0.05, 0) is 25.8 Å². The number of hydrogen-bond donors (Lipinski definition) is 4. The highest BCUT2D eigenvalue weighted by atomic mass is 35.5. The molecule has 2 aliphatic heterocycles. The van der Waals surface area contributed by atoms with Gasteiger partial charge in [0.2, 0.25) is 5.91 Å². The zero-order chi connectivity index (χ0) is 32.8. The lowest BCUT2D eigenvalue weighted by atomic mass is 9.98. The van der Waals surface area contributed by atoms with Crippen LogP contribution in [0.5, 0.6) is 0 Å². The number of nitrogens with zero attached hydrogens (tertiary/aromatic N) is 2. The van der Waals surface area contributed by atoms with Crippen LogP contribution in [0.2, 0.25) is 0 Å². The van der Waals surface area contributed by atoms with Crippen LogP contribution in [0.4, 0.5) is 0 Å². The van der Waals surface area contributed by atoms with E-state index in [1.165, 1.54) is 69.8 Å². The fraction of sp³-hybridized carbons (Fsp3) is 0.812. The Hall–Kier alpha value is -2.29. The third kappa shape index (κ3) is 10.9. The number of ether oxygens (including phenoxy) is 3. The lowest BCUT2D eigenvalue weighted by molar-refractivity contribution is -0.155. The van der Waals surface area contributed by atoms with Crippen molar-refractivity contribution in [2.24, 2.45) is 5.73 Å². The molecule has 2 fully saturated rings. The molecule has 0 spiro atoms. The van der Waals surface area contributed by atoms with Gasteiger partial charge in [0.15, 0.2) is 12.3 Å². The molecule has 1 aromatic rings. The van der Waals surface area contributed by atoms with Crippen LogP contribution in [0.25, 0.3) is 0 Å². The number of carbonyl (C=O) groups excluding carboxylic acids is 2. The number of amides is 1. The normalized spacial score (nSPS) is 25.8. The number of hydrogen-bond acceptors (Lipinski definition) is 10. The molecule has 1 aromatic heterocycles. The summed E-state index contributed by atoms with van der Waals surface area (Å²) in [7, 11) is 1.20. The summed E-state index contributed by atoms with van der Waals surface area (Å²) in [6.45, 7) is 2.57. The van der Waals surface area contributed by atoms with E-state index >= 15 is 0 Å². The minimum Gasteiger partial charge on any atom is -0.467 e. The van der Waals surface area contributed by atoms with Crippen LogP contribution in [0.15, 0.2) is 21.9 Å². The summed E-state index contributed by atoms with van der Waals surface area (Å²) in [6.07, 6.45) is 9.73. The van der Waals surface area contributed by atoms with Crippen molar-refractivity contribution in [3.63, 3.8) is 0 Å². The summed E-state index contributed by atoms with van der Waals surface area (Å²) in [6, 6.07) is -0.162.